The summed E-state index contributed by atoms with van der Waals surface area (Å²) in [4.78, 5) is 46.0. The first-order chi connectivity index (χ1) is 17.4. The zero-order valence-corrected chi connectivity index (χ0v) is 20.2. The molecule has 8 nitrogen and oxygen atoms in total. The number of furan rings is 1. The summed E-state index contributed by atoms with van der Waals surface area (Å²) in [5, 5.41) is 3.56. The van der Waals surface area contributed by atoms with Gasteiger partial charge in [-0.05, 0) is 49.4 Å². The van der Waals surface area contributed by atoms with Crippen LogP contribution in [0.3, 0.4) is 0 Å². The van der Waals surface area contributed by atoms with E-state index in [1.54, 1.807) is 21.9 Å². The molecular weight excluding hydrogens is 456 g/mol. The van der Waals surface area contributed by atoms with Crippen LogP contribution in [-0.4, -0.2) is 58.7 Å². The predicted octanol–water partition coefficient (Wildman–Crippen LogP) is 4.36. The molecule has 0 atom stereocenters. The number of piperazine rings is 1. The lowest BCUT2D eigenvalue weighted by Gasteiger charge is -2.34. The fourth-order valence-corrected chi connectivity index (χ4v) is 4.43. The number of anilines is 1. The molecule has 1 N–H and O–H groups in total. The Kier molecular flexibility index (Phi) is 6.25. The van der Waals surface area contributed by atoms with Crippen molar-refractivity contribution in [1.29, 1.82) is 0 Å². The smallest absolute Gasteiger partial charge is 0.289 e. The molecule has 5 rings (SSSR count). The van der Waals surface area contributed by atoms with Gasteiger partial charge in [0.15, 0.2) is 5.76 Å². The average molecular weight is 483 g/mol. The summed E-state index contributed by atoms with van der Waals surface area (Å²) in [6, 6.07) is 18.4. The number of aryl methyl sites for hydroxylation is 1. The minimum Gasteiger partial charge on any atom is -0.459 e. The number of carbonyl (C=O) groups is 3. The van der Waals surface area contributed by atoms with Gasteiger partial charge in [0.05, 0.1) is 23.0 Å². The van der Waals surface area contributed by atoms with Crippen molar-refractivity contribution in [2.24, 2.45) is 0 Å². The molecule has 2 aromatic carbocycles. The number of nitrogens with one attached hydrogen (secondary N) is 1. The first kappa shape index (κ1) is 23.3. The van der Waals surface area contributed by atoms with Gasteiger partial charge >= 0.3 is 0 Å². The second kappa shape index (κ2) is 9.65. The van der Waals surface area contributed by atoms with E-state index in [-0.39, 0.29) is 17.7 Å². The van der Waals surface area contributed by atoms with Gasteiger partial charge < -0.3 is 19.5 Å². The molecule has 8 heteroatoms. The van der Waals surface area contributed by atoms with Gasteiger partial charge in [-0.1, -0.05) is 23.8 Å². The molecular formula is C28H26N4O4. The van der Waals surface area contributed by atoms with Crippen LogP contribution in [-0.2, 0) is 4.79 Å². The van der Waals surface area contributed by atoms with Crippen LogP contribution in [0, 0.1) is 6.92 Å². The number of rotatable bonds is 4. The standard InChI is InChI=1S/C28H26N4O4/c1-18-5-10-24-22(16-18)23(17-25(30-24)20-6-8-21(9-7-20)29-19(2)33)27(34)31-11-13-32(14-12-31)28(35)26-4-3-15-36-26/h3-10,15-17H,11-14H2,1-2H3,(H,29,33). The summed E-state index contributed by atoms with van der Waals surface area (Å²) in [6.45, 7) is 5.19. The van der Waals surface area contributed by atoms with E-state index in [0.29, 0.717) is 48.9 Å². The highest BCUT2D eigenvalue weighted by Gasteiger charge is 2.28. The summed E-state index contributed by atoms with van der Waals surface area (Å²) in [7, 11) is 0. The molecule has 4 aromatic rings. The summed E-state index contributed by atoms with van der Waals surface area (Å²) in [5.41, 5.74) is 4.57. The molecule has 0 spiro atoms. The van der Waals surface area contributed by atoms with Gasteiger partial charge in [-0.15, -0.1) is 0 Å². The van der Waals surface area contributed by atoms with Gasteiger partial charge in [-0.2, -0.15) is 0 Å². The molecule has 1 aliphatic heterocycles. The van der Waals surface area contributed by atoms with Crippen molar-refractivity contribution in [2.75, 3.05) is 31.5 Å². The third kappa shape index (κ3) is 4.70. The first-order valence-electron chi connectivity index (χ1n) is 11.8. The third-order valence-corrected chi connectivity index (χ3v) is 6.28. The Morgan fingerprint density at radius 1 is 0.889 bits per heavy atom. The van der Waals surface area contributed by atoms with E-state index in [0.717, 1.165) is 22.0 Å². The molecule has 36 heavy (non-hydrogen) atoms. The second-order valence-electron chi connectivity index (χ2n) is 8.90. The Morgan fingerprint density at radius 3 is 2.22 bits per heavy atom. The fourth-order valence-electron chi connectivity index (χ4n) is 4.43. The number of carbonyl (C=O) groups excluding carboxylic acids is 3. The minimum atomic E-state index is -0.165. The van der Waals surface area contributed by atoms with Crippen molar-refractivity contribution in [3.63, 3.8) is 0 Å². The molecule has 1 aliphatic rings. The van der Waals surface area contributed by atoms with E-state index >= 15 is 0 Å². The Bertz CT molecular complexity index is 1440. The van der Waals surface area contributed by atoms with E-state index in [9.17, 15) is 14.4 Å². The summed E-state index contributed by atoms with van der Waals surface area (Å²) in [6.07, 6.45) is 1.48. The lowest BCUT2D eigenvalue weighted by Crippen LogP contribution is -2.50. The minimum absolute atomic E-state index is 0.0887. The van der Waals surface area contributed by atoms with Crippen molar-refractivity contribution in [3.05, 3.63) is 83.8 Å². The topological polar surface area (TPSA) is 95.8 Å². The molecule has 0 aliphatic carbocycles. The van der Waals surface area contributed by atoms with Gasteiger partial charge in [-0.3, -0.25) is 14.4 Å². The average Bonchev–Trinajstić information content (AvgIpc) is 3.43. The van der Waals surface area contributed by atoms with Gasteiger partial charge in [-0.25, -0.2) is 4.98 Å². The predicted molar refractivity (Wildman–Crippen MR) is 137 cm³/mol. The number of hydrogen-bond donors (Lipinski definition) is 1. The molecule has 3 amide bonds. The van der Waals surface area contributed by atoms with Gasteiger partial charge in [0.1, 0.15) is 0 Å². The second-order valence-corrected chi connectivity index (χ2v) is 8.90. The number of benzene rings is 2. The van der Waals surface area contributed by atoms with Crippen LogP contribution in [0.25, 0.3) is 22.2 Å². The monoisotopic (exact) mass is 482 g/mol. The van der Waals surface area contributed by atoms with Crippen molar-refractivity contribution in [3.8, 4) is 11.3 Å². The van der Waals surface area contributed by atoms with Crippen molar-refractivity contribution < 1.29 is 18.8 Å². The highest BCUT2D eigenvalue weighted by atomic mass is 16.3. The van der Waals surface area contributed by atoms with Gasteiger partial charge in [0.2, 0.25) is 5.91 Å². The number of fused-ring (bicyclic) bond motifs is 1. The van der Waals surface area contributed by atoms with Crippen molar-refractivity contribution in [1.82, 2.24) is 14.8 Å². The Balaban J connectivity index is 1.43. The number of amides is 3. The number of nitrogens with zero attached hydrogens (tertiary/aromatic N) is 3. The highest BCUT2D eigenvalue weighted by molar-refractivity contribution is 6.07. The quantitative estimate of drug-likeness (QED) is 0.466. The maximum absolute atomic E-state index is 13.7. The zero-order chi connectivity index (χ0) is 25.2. The maximum Gasteiger partial charge on any atom is 0.289 e. The summed E-state index contributed by atoms with van der Waals surface area (Å²) in [5.74, 6) is -0.0865. The molecule has 182 valence electrons. The molecule has 0 bridgehead atoms. The number of hydrogen-bond acceptors (Lipinski definition) is 5. The molecule has 2 aromatic heterocycles. The van der Waals surface area contributed by atoms with Crippen LogP contribution in [0.1, 0.15) is 33.4 Å². The van der Waals surface area contributed by atoms with Gasteiger partial charge in [0, 0.05) is 49.7 Å². The fraction of sp³-hybridized carbons (Fsp3) is 0.214. The summed E-state index contributed by atoms with van der Waals surface area (Å²) >= 11 is 0. The number of aromatic nitrogens is 1. The highest BCUT2D eigenvalue weighted by Crippen LogP contribution is 2.28. The molecule has 0 unspecified atom stereocenters. The lowest BCUT2D eigenvalue weighted by molar-refractivity contribution is -0.114. The van der Waals surface area contributed by atoms with Crippen LogP contribution in [0.5, 0.6) is 0 Å². The van der Waals surface area contributed by atoms with Gasteiger partial charge in [0.25, 0.3) is 11.8 Å². The molecule has 0 radical (unpaired) electrons. The molecule has 1 saturated heterocycles. The van der Waals surface area contributed by atoms with Crippen LogP contribution >= 0.6 is 0 Å². The lowest BCUT2D eigenvalue weighted by atomic mass is 10.0. The van der Waals surface area contributed by atoms with Crippen molar-refractivity contribution >= 4 is 34.3 Å². The van der Waals surface area contributed by atoms with E-state index in [2.05, 4.69) is 5.32 Å². The Morgan fingerprint density at radius 2 is 1.58 bits per heavy atom. The van der Waals surface area contributed by atoms with Crippen LogP contribution in [0.15, 0.2) is 71.3 Å². The van der Waals surface area contributed by atoms with Crippen LogP contribution in [0.2, 0.25) is 0 Å². The Labute approximate surface area is 208 Å². The van der Waals surface area contributed by atoms with E-state index in [4.69, 9.17) is 9.40 Å². The van der Waals surface area contributed by atoms with Crippen LogP contribution < -0.4 is 5.32 Å². The summed E-state index contributed by atoms with van der Waals surface area (Å²) < 4.78 is 5.23. The van der Waals surface area contributed by atoms with E-state index < -0.39 is 0 Å². The zero-order valence-electron chi connectivity index (χ0n) is 20.2. The van der Waals surface area contributed by atoms with E-state index in [1.165, 1.54) is 13.2 Å². The third-order valence-electron chi connectivity index (χ3n) is 6.28. The Hall–Kier alpha value is -4.46. The number of pyridine rings is 1. The first-order valence-corrected chi connectivity index (χ1v) is 11.8. The molecule has 0 saturated carbocycles. The van der Waals surface area contributed by atoms with E-state index in [1.807, 2.05) is 55.5 Å². The molecule has 3 heterocycles. The normalized spacial score (nSPS) is 13.6. The molecule has 1 fully saturated rings. The van der Waals surface area contributed by atoms with Crippen molar-refractivity contribution in [2.45, 2.75) is 13.8 Å². The van der Waals surface area contributed by atoms with Crippen LogP contribution in [0.4, 0.5) is 5.69 Å². The SMILES string of the molecule is CC(=O)Nc1ccc(-c2cc(C(=O)N3CCN(C(=O)c4ccco4)CC3)c3cc(C)ccc3n2)cc1. The maximum atomic E-state index is 13.7. The largest absolute Gasteiger partial charge is 0.459 e.